The standard InChI is InChI=1S/C21H24N4OS/c1-5-17-10-7-9-15(3)20(17)22-19(26)13-27-21-24-23-16(4)25(21)18-11-6-8-14(2)12-18/h6-12H,5,13H2,1-4H3,(H,22,26). The van der Waals surface area contributed by atoms with Gasteiger partial charge in [-0.25, -0.2) is 0 Å². The fraction of sp³-hybridized carbons (Fsp3) is 0.286. The van der Waals surface area contributed by atoms with Crippen molar-refractivity contribution in [1.29, 1.82) is 0 Å². The number of nitrogens with zero attached hydrogens (tertiary/aromatic N) is 3. The van der Waals surface area contributed by atoms with Crippen molar-refractivity contribution in [1.82, 2.24) is 14.8 Å². The summed E-state index contributed by atoms with van der Waals surface area (Å²) < 4.78 is 1.98. The minimum Gasteiger partial charge on any atom is -0.325 e. The van der Waals surface area contributed by atoms with Gasteiger partial charge in [0, 0.05) is 11.4 Å². The summed E-state index contributed by atoms with van der Waals surface area (Å²) in [6, 6.07) is 14.3. The number of carbonyl (C=O) groups excluding carboxylic acids is 1. The van der Waals surface area contributed by atoms with Gasteiger partial charge in [-0.05, 0) is 56.0 Å². The van der Waals surface area contributed by atoms with Crippen LogP contribution in [0, 0.1) is 20.8 Å². The maximum absolute atomic E-state index is 12.5. The molecule has 0 spiro atoms. The van der Waals surface area contributed by atoms with Crippen molar-refractivity contribution < 1.29 is 4.79 Å². The zero-order valence-corrected chi connectivity index (χ0v) is 16.9. The maximum atomic E-state index is 12.5. The van der Waals surface area contributed by atoms with Crippen LogP contribution in [0.2, 0.25) is 0 Å². The molecule has 0 fully saturated rings. The highest BCUT2D eigenvalue weighted by atomic mass is 32.2. The third-order valence-corrected chi connectivity index (χ3v) is 5.32. The summed E-state index contributed by atoms with van der Waals surface area (Å²) in [6.07, 6.45) is 0.880. The SMILES string of the molecule is CCc1cccc(C)c1NC(=O)CSc1nnc(C)n1-c1cccc(C)c1. The second kappa shape index (κ2) is 8.39. The lowest BCUT2D eigenvalue weighted by atomic mass is 10.1. The Morgan fingerprint density at radius 3 is 2.63 bits per heavy atom. The molecule has 2 aromatic carbocycles. The molecule has 0 bridgehead atoms. The highest BCUT2D eigenvalue weighted by Gasteiger charge is 2.15. The van der Waals surface area contributed by atoms with Gasteiger partial charge in [0.2, 0.25) is 5.91 Å². The number of aryl methyl sites for hydroxylation is 4. The number of rotatable bonds is 6. The molecule has 0 saturated heterocycles. The predicted octanol–water partition coefficient (Wildman–Crippen LogP) is 4.49. The third kappa shape index (κ3) is 4.39. The first-order valence-corrected chi connectivity index (χ1v) is 9.98. The summed E-state index contributed by atoms with van der Waals surface area (Å²) in [4.78, 5) is 12.5. The van der Waals surface area contributed by atoms with E-state index in [2.05, 4.69) is 41.5 Å². The molecule has 0 unspecified atom stereocenters. The van der Waals surface area contributed by atoms with Gasteiger partial charge in [0.1, 0.15) is 5.82 Å². The molecule has 1 amide bonds. The monoisotopic (exact) mass is 380 g/mol. The van der Waals surface area contributed by atoms with Crippen LogP contribution in [0.4, 0.5) is 5.69 Å². The number of aromatic nitrogens is 3. The topological polar surface area (TPSA) is 59.8 Å². The second-order valence-corrected chi connectivity index (χ2v) is 7.45. The number of benzene rings is 2. The smallest absolute Gasteiger partial charge is 0.234 e. The Morgan fingerprint density at radius 2 is 1.89 bits per heavy atom. The maximum Gasteiger partial charge on any atom is 0.234 e. The molecule has 0 aliphatic heterocycles. The fourth-order valence-electron chi connectivity index (χ4n) is 3.01. The Morgan fingerprint density at radius 1 is 1.11 bits per heavy atom. The zero-order valence-electron chi connectivity index (χ0n) is 16.1. The van der Waals surface area contributed by atoms with Crippen molar-refractivity contribution in [2.24, 2.45) is 0 Å². The molecule has 3 aromatic rings. The first kappa shape index (κ1) is 19.2. The minimum atomic E-state index is -0.0413. The van der Waals surface area contributed by atoms with Crippen LogP contribution >= 0.6 is 11.8 Å². The molecule has 140 valence electrons. The van der Waals surface area contributed by atoms with Crippen LogP contribution in [-0.4, -0.2) is 26.4 Å². The van der Waals surface area contributed by atoms with Crippen LogP contribution in [0.5, 0.6) is 0 Å². The number of carbonyl (C=O) groups is 1. The van der Waals surface area contributed by atoms with Crippen molar-refractivity contribution in [3.05, 3.63) is 65.0 Å². The normalized spacial score (nSPS) is 10.8. The number of amides is 1. The number of thioether (sulfide) groups is 1. The first-order valence-electron chi connectivity index (χ1n) is 8.99. The largest absolute Gasteiger partial charge is 0.325 e. The number of para-hydroxylation sites is 1. The van der Waals surface area contributed by atoms with Crippen LogP contribution in [-0.2, 0) is 11.2 Å². The first-order chi connectivity index (χ1) is 13.0. The molecular weight excluding hydrogens is 356 g/mol. The summed E-state index contributed by atoms with van der Waals surface area (Å²) in [5, 5.41) is 12.2. The molecule has 0 atom stereocenters. The van der Waals surface area contributed by atoms with E-state index in [-0.39, 0.29) is 11.7 Å². The molecule has 0 aliphatic rings. The molecule has 27 heavy (non-hydrogen) atoms. The molecule has 0 radical (unpaired) electrons. The molecular formula is C21H24N4OS. The summed E-state index contributed by atoms with van der Waals surface area (Å²) >= 11 is 1.39. The fourth-order valence-corrected chi connectivity index (χ4v) is 3.81. The van der Waals surface area contributed by atoms with Crippen molar-refractivity contribution in [3.8, 4) is 5.69 Å². The van der Waals surface area contributed by atoms with Gasteiger partial charge in [-0.3, -0.25) is 9.36 Å². The molecule has 1 N–H and O–H groups in total. The van der Waals surface area contributed by atoms with Crippen LogP contribution in [0.15, 0.2) is 47.6 Å². The van der Waals surface area contributed by atoms with Crippen LogP contribution in [0.1, 0.15) is 29.4 Å². The summed E-state index contributed by atoms with van der Waals surface area (Å²) in [5.74, 6) is 1.04. The molecule has 5 nitrogen and oxygen atoms in total. The summed E-state index contributed by atoms with van der Waals surface area (Å²) in [5.41, 5.74) is 5.31. The second-order valence-electron chi connectivity index (χ2n) is 6.50. The molecule has 1 aromatic heterocycles. The lowest BCUT2D eigenvalue weighted by molar-refractivity contribution is -0.113. The van der Waals surface area contributed by atoms with E-state index in [1.54, 1.807) is 0 Å². The summed E-state index contributed by atoms with van der Waals surface area (Å²) in [6.45, 7) is 8.07. The van der Waals surface area contributed by atoms with E-state index in [1.165, 1.54) is 17.3 Å². The Bertz CT molecular complexity index is 965. The van der Waals surface area contributed by atoms with Crippen LogP contribution in [0.25, 0.3) is 5.69 Å². The van der Waals surface area contributed by atoms with E-state index in [0.717, 1.165) is 34.7 Å². The van der Waals surface area contributed by atoms with Gasteiger partial charge in [0.15, 0.2) is 5.16 Å². The van der Waals surface area contributed by atoms with Crippen molar-refractivity contribution in [2.45, 2.75) is 39.3 Å². The van der Waals surface area contributed by atoms with Gasteiger partial charge in [-0.1, -0.05) is 49.0 Å². The number of hydrogen-bond donors (Lipinski definition) is 1. The van der Waals surface area contributed by atoms with Gasteiger partial charge in [-0.2, -0.15) is 0 Å². The van der Waals surface area contributed by atoms with E-state index in [1.807, 2.05) is 48.7 Å². The Labute approximate surface area is 164 Å². The highest BCUT2D eigenvalue weighted by Crippen LogP contribution is 2.24. The van der Waals surface area contributed by atoms with Crippen molar-refractivity contribution >= 4 is 23.4 Å². The minimum absolute atomic E-state index is 0.0413. The van der Waals surface area contributed by atoms with E-state index in [0.29, 0.717) is 5.16 Å². The zero-order chi connectivity index (χ0) is 19.4. The Kier molecular flexibility index (Phi) is 5.96. The number of nitrogens with one attached hydrogen (secondary N) is 1. The Hall–Kier alpha value is -2.60. The molecule has 6 heteroatoms. The molecule has 3 rings (SSSR count). The molecule has 0 saturated carbocycles. The van der Waals surface area contributed by atoms with Gasteiger partial charge < -0.3 is 5.32 Å². The number of anilines is 1. The lowest BCUT2D eigenvalue weighted by Crippen LogP contribution is -2.16. The van der Waals surface area contributed by atoms with E-state index >= 15 is 0 Å². The van der Waals surface area contributed by atoms with Gasteiger partial charge in [0.25, 0.3) is 0 Å². The van der Waals surface area contributed by atoms with E-state index in [9.17, 15) is 4.79 Å². The lowest BCUT2D eigenvalue weighted by Gasteiger charge is -2.13. The third-order valence-electron chi connectivity index (χ3n) is 4.39. The average Bonchev–Trinajstić information content (AvgIpc) is 3.02. The van der Waals surface area contributed by atoms with Crippen LogP contribution in [0.3, 0.4) is 0 Å². The van der Waals surface area contributed by atoms with E-state index in [4.69, 9.17) is 0 Å². The molecule has 1 heterocycles. The van der Waals surface area contributed by atoms with Crippen molar-refractivity contribution in [2.75, 3.05) is 11.1 Å². The van der Waals surface area contributed by atoms with Gasteiger partial charge in [0.05, 0.1) is 5.75 Å². The van der Waals surface area contributed by atoms with Crippen molar-refractivity contribution in [3.63, 3.8) is 0 Å². The average molecular weight is 381 g/mol. The highest BCUT2D eigenvalue weighted by molar-refractivity contribution is 7.99. The summed E-state index contributed by atoms with van der Waals surface area (Å²) in [7, 11) is 0. The molecule has 0 aliphatic carbocycles. The number of hydrogen-bond acceptors (Lipinski definition) is 4. The van der Waals surface area contributed by atoms with Gasteiger partial charge in [-0.15, -0.1) is 10.2 Å². The quantitative estimate of drug-likeness (QED) is 0.640. The van der Waals surface area contributed by atoms with Gasteiger partial charge >= 0.3 is 0 Å². The predicted molar refractivity (Wildman–Crippen MR) is 111 cm³/mol. The van der Waals surface area contributed by atoms with Crippen LogP contribution < -0.4 is 5.32 Å². The van der Waals surface area contributed by atoms with E-state index < -0.39 is 0 Å². The Balaban J connectivity index is 1.74.